The maximum Gasteiger partial charge on any atom is 0.233 e. The van der Waals surface area contributed by atoms with Crippen LogP contribution in [0, 0.1) is 0 Å². The van der Waals surface area contributed by atoms with Crippen LogP contribution in [0.15, 0.2) is 5.16 Å². The number of hydrogen-bond acceptors (Lipinski definition) is 5. The molecule has 1 aromatic heterocycles. The molecule has 0 saturated heterocycles. The van der Waals surface area contributed by atoms with Crippen LogP contribution in [-0.4, -0.2) is 37.4 Å². The second-order valence-corrected chi connectivity index (χ2v) is 5.73. The predicted molar refractivity (Wildman–Crippen MR) is 66.8 cm³/mol. The van der Waals surface area contributed by atoms with Crippen molar-refractivity contribution in [2.45, 2.75) is 57.1 Å². The molecule has 0 spiro atoms. The smallest absolute Gasteiger partial charge is 0.233 e. The van der Waals surface area contributed by atoms with Crippen LogP contribution in [0.25, 0.3) is 0 Å². The summed E-state index contributed by atoms with van der Waals surface area (Å²) in [6, 6.07) is 0.333. The van der Waals surface area contributed by atoms with E-state index in [1.165, 1.54) is 11.8 Å². The van der Waals surface area contributed by atoms with Crippen molar-refractivity contribution in [3.05, 3.63) is 0 Å². The molecular weight excluding hydrogens is 238 g/mol. The van der Waals surface area contributed by atoms with Crippen LogP contribution in [0.1, 0.15) is 40.7 Å². The lowest BCUT2D eigenvalue weighted by Gasteiger charge is -2.14. The summed E-state index contributed by atoms with van der Waals surface area (Å²) in [4.78, 5) is 11.8. The lowest BCUT2D eigenvalue weighted by molar-refractivity contribution is -0.120. The summed E-state index contributed by atoms with van der Waals surface area (Å²) in [6.45, 7) is 9.72. The summed E-state index contributed by atoms with van der Waals surface area (Å²) in [5.41, 5.74) is 0. The molecule has 6 nitrogen and oxygen atoms in total. The number of nitrogens with one attached hydrogen (secondary N) is 1. The molecule has 1 N–H and O–H groups in total. The molecule has 7 heteroatoms. The summed E-state index contributed by atoms with van der Waals surface area (Å²) in [7, 11) is 0. The number of amides is 1. The van der Waals surface area contributed by atoms with Crippen LogP contribution in [0.5, 0.6) is 0 Å². The van der Waals surface area contributed by atoms with Gasteiger partial charge in [-0.25, -0.2) is 4.68 Å². The molecule has 96 valence electrons. The Kier molecular flexibility index (Phi) is 4.92. The van der Waals surface area contributed by atoms with E-state index in [2.05, 4.69) is 20.8 Å². The third-order valence-electron chi connectivity index (χ3n) is 2.03. The van der Waals surface area contributed by atoms with Crippen molar-refractivity contribution in [1.82, 2.24) is 25.5 Å². The van der Waals surface area contributed by atoms with Gasteiger partial charge < -0.3 is 5.32 Å². The van der Waals surface area contributed by atoms with E-state index in [9.17, 15) is 4.79 Å². The van der Waals surface area contributed by atoms with Crippen molar-refractivity contribution >= 4 is 17.7 Å². The minimum Gasteiger partial charge on any atom is -0.353 e. The second-order valence-electron chi connectivity index (χ2n) is 4.42. The van der Waals surface area contributed by atoms with Gasteiger partial charge in [-0.1, -0.05) is 11.8 Å². The number of rotatable bonds is 5. The summed E-state index contributed by atoms with van der Waals surface area (Å²) in [6.07, 6.45) is 0. The Morgan fingerprint density at radius 1 is 1.29 bits per heavy atom. The molecule has 0 aliphatic rings. The molecule has 0 radical (unpaired) electrons. The van der Waals surface area contributed by atoms with Gasteiger partial charge in [0.05, 0.1) is 11.3 Å². The Bertz CT molecular complexity index is 377. The van der Waals surface area contributed by atoms with Crippen molar-refractivity contribution in [1.29, 1.82) is 0 Å². The van der Waals surface area contributed by atoms with Crippen molar-refractivity contribution < 1.29 is 4.79 Å². The van der Waals surface area contributed by atoms with Crippen LogP contribution < -0.4 is 5.32 Å². The largest absolute Gasteiger partial charge is 0.353 e. The zero-order valence-electron chi connectivity index (χ0n) is 10.8. The Hall–Kier alpha value is -1.11. The second kappa shape index (κ2) is 6.00. The van der Waals surface area contributed by atoms with Crippen LogP contribution in [-0.2, 0) is 4.79 Å². The van der Waals surface area contributed by atoms with Crippen LogP contribution >= 0.6 is 11.8 Å². The average molecular weight is 257 g/mol. The third kappa shape index (κ3) is 3.99. The number of carbonyl (C=O) groups excluding carboxylic acids is 1. The van der Waals surface area contributed by atoms with Crippen molar-refractivity contribution in [2.24, 2.45) is 0 Å². The monoisotopic (exact) mass is 257 g/mol. The molecule has 1 aromatic rings. The SMILES string of the molecule is CC(C)NC(=O)C(C)Sc1nnnn1C(C)C. The van der Waals surface area contributed by atoms with Crippen molar-refractivity contribution in [3.63, 3.8) is 0 Å². The molecule has 1 heterocycles. The molecule has 1 rings (SSSR count). The highest BCUT2D eigenvalue weighted by Gasteiger charge is 2.19. The van der Waals surface area contributed by atoms with Gasteiger partial charge in [-0.3, -0.25) is 4.79 Å². The standard InChI is InChI=1S/C10H19N5OS/c1-6(2)11-9(16)8(5)17-10-12-13-14-15(10)7(3)4/h6-8H,1-5H3,(H,11,16). The highest BCUT2D eigenvalue weighted by atomic mass is 32.2. The summed E-state index contributed by atoms with van der Waals surface area (Å²) >= 11 is 1.37. The highest BCUT2D eigenvalue weighted by Crippen LogP contribution is 2.22. The topological polar surface area (TPSA) is 72.7 Å². The maximum absolute atomic E-state index is 11.8. The number of nitrogens with zero attached hydrogens (tertiary/aromatic N) is 4. The predicted octanol–water partition coefficient (Wildman–Crippen LogP) is 1.26. The average Bonchev–Trinajstić information content (AvgIpc) is 2.64. The minimum absolute atomic E-state index is 0.00306. The first-order valence-electron chi connectivity index (χ1n) is 5.66. The minimum atomic E-state index is -0.208. The van der Waals surface area contributed by atoms with Gasteiger partial charge in [-0.05, 0) is 45.0 Å². The number of tetrazole rings is 1. The Labute approximate surface area is 106 Å². The van der Waals surface area contributed by atoms with Crippen LogP contribution in [0.4, 0.5) is 0 Å². The fourth-order valence-electron chi connectivity index (χ4n) is 1.20. The number of hydrogen-bond donors (Lipinski definition) is 1. The first-order chi connectivity index (χ1) is 7.91. The molecule has 0 aliphatic heterocycles. The fourth-order valence-corrected chi connectivity index (χ4v) is 2.13. The van der Waals surface area contributed by atoms with E-state index in [0.717, 1.165) is 0 Å². The Morgan fingerprint density at radius 2 is 1.94 bits per heavy atom. The van der Waals surface area contributed by atoms with Crippen LogP contribution in [0.2, 0.25) is 0 Å². The van der Waals surface area contributed by atoms with Gasteiger partial charge >= 0.3 is 0 Å². The lowest BCUT2D eigenvalue weighted by Crippen LogP contribution is -2.36. The molecule has 0 bridgehead atoms. The normalized spacial score (nSPS) is 13.1. The van der Waals surface area contributed by atoms with Crippen LogP contribution in [0.3, 0.4) is 0 Å². The van der Waals surface area contributed by atoms with Gasteiger partial charge in [0.25, 0.3) is 0 Å². The van der Waals surface area contributed by atoms with E-state index in [4.69, 9.17) is 0 Å². The maximum atomic E-state index is 11.8. The number of thioether (sulfide) groups is 1. The molecule has 1 unspecified atom stereocenters. The Morgan fingerprint density at radius 3 is 2.47 bits per heavy atom. The zero-order chi connectivity index (χ0) is 13.0. The summed E-state index contributed by atoms with van der Waals surface area (Å²) in [5.74, 6) is 0.00306. The van der Waals surface area contributed by atoms with E-state index >= 15 is 0 Å². The molecule has 0 aliphatic carbocycles. The fraction of sp³-hybridized carbons (Fsp3) is 0.800. The highest BCUT2D eigenvalue weighted by molar-refractivity contribution is 8.00. The van der Waals surface area contributed by atoms with E-state index in [-0.39, 0.29) is 23.2 Å². The quantitative estimate of drug-likeness (QED) is 0.804. The van der Waals surface area contributed by atoms with Gasteiger partial charge in [0.1, 0.15) is 0 Å². The summed E-state index contributed by atoms with van der Waals surface area (Å²) in [5, 5.41) is 14.8. The van der Waals surface area contributed by atoms with Crippen molar-refractivity contribution in [2.75, 3.05) is 0 Å². The zero-order valence-corrected chi connectivity index (χ0v) is 11.7. The third-order valence-corrected chi connectivity index (χ3v) is 3.08. The van der Waals surface area contributed by atoms with E-state index in [1.54, 1.807) is 4.68 Å². The van der Waals surface area contributed by atoms with Gasteiger partial charge in [-0.15, -0.1) is 5.10 Å². The van der Waals surface area contributed by atoms with Crippen molar-refractivity contribution in [3.8, 4) is 0 Å². The first-order valence-corrected chi connectivity index (χ1v) is 6.54. The van der Waals surface area contributed by atoms with E-state index < -0.39 is 0 Å². The molecule has 1 atom stereocenters. The molecule has 0 aromatic carbocycles. The number of aromatic nitrogens is 4. The summed E-state index contributed by atoms with van der Waals surface area (Å²) < 4.78 is 1.71. The van der Waals surface area contributed by atoms with Gasteiger partial charge in [0.2, 0.25) is 11.1 Å². The molecular formula is C10H19N5OS. The van der Waals surface area contributed by atoms with E-state index in [0.29, 0.717) is 5.16 Å². The van der Waals surface area contributed by atoms with Gasteiger partial charge in [0.15, 0.2) is 0 Å². The molecule has 17 heavy (non-hydrogen) atoms. The van der Waals surface area contributed by atoms with Gasteiger partial charge in [-0.2, -0.15) is 0 Å². The molecule has 0 fully saturated rings. The number of carbonyl (C=O) groups is 1. The molecule has 0 saturated carbocycles. The van der Waals surface area contributed by atoms with E-state index in [1.807, 2.05) is 34.6 Å². The molecule has 1 amide bonds. The lowest BCUT2D eigenvalue weighted by atomic mass is 10.3. The first kappa shape index (κ1) is 14.0. The Balaban J connectivity index is 2.64. The van der Waals surface area contributed by atoms with Gasteiger partial charge in [0, 0.05) is 6.04 Å².